The van der Waals surface area contributed by atoms with E-state index in [0.717, 1.165) is 6.42 Å². The highest BCUT2D eigenvalue weighted by molar-refractivity contribution is 5.90. The lowest BCUT2D eigenvalue weighted by atomic mass is 10.1. The fourth-order valence-electron chi connectivity index (χ4n) is 1.85. The van der Waals surface area contributed by atoms with E-state index in [1.54, 1.807) is 30.4 Å². The van der Waals surface area contributed by atoms with Gasteiger partial charge in [-0.1, -0.05) is 19.1 Å². The molecule has 2 aromatic rings. The van der Waals surface area contributed by atoms with Crippen LogP contribution in [0.5, 0.6) is 11.5 Å². The molecule has 5 nitrogen and oxygen atoms in total. The number of hydrogen-bond donors (Lipinski definition) is 2. The molecule has 0 spiro atoms. The van der Waals surface area contributed by atoms with Crippen molar-refractivity contribution in [3.63, 3.8) is 0 Å². The van der Waals surface area contributed by atoms with Gasteiger partial charge in [-0.25, -0.2) is 4.79 Å². The third kappa shape index (κ3) is 2.67. The zero-order valence-corrected chi connectivity index (χ0v) is 11.1. The Morgan fingerprint density at radius 1 is 1.40 bits per heavy atom. The van der Waals surface area contributed by atoms with Gasteiger partial charge in [-0.3, -0.25) is 0 Å². The average molecular weight is 276 g/mol. The van der Waals surface area contributed by atoms with Gasteiger partial charge in [0.05, 0.1) is 12.0 Å². The maximum Gasteiger partial charge on any atom is 0.347 e. The molecule has 1 aromatic heterocycles. The van der Waals surface area contributed by atoms with Crippen molar-refractivity contribution in [2.45, 2.75) is 13.3 Å². The number of aromatic hydroxyl groups is 1. The molecule has 2 N–H and O–H groups in total. The van der Waals surface area contributed by atoms with Crippen LogP contribution in [-0.2, 0) is 0 Å². The number of hydrogen-bond acceptors (Lipinski definition) is 5. The highest BCUT2D eigenvalue weighted by Gasteiger charge is 2.14. The maximum atomic E-state index is 11.9. The molecule has 0 amide bonds. The molecule has 2 rings (SSSR count). The maximum absolute atomic E-state index is 11.9. The minimum Gasteiger partial charge on any atom is -0.506 e. The Hall–Kier alpha value is -2.27. The quantitative estimate of drug-likeness (QED) is 0.819. The van der Waals surface area contributed by atoms with Gasteiger partial charge in [0.1, 0.15) is 17.9 Å². The number of allylic oxidation sites excluding steroid dienone is 1. The molecule has 0 saturated carbocycles. The lowest BCUT2D eigenvalue weighted by Crippen LogP contribution is -2.06. The van der Waals surface area contributed by atoms with Gasteiger partial charge in [-0.15, -0.1) is 0 Å². The Morgan fingerprint density at radius 2 is 2.20 bits per heavy atom. The zero-order chi connectivity index (χ0) is 14.5. The summed E-state index contributed by atoms with van der Waals surface area (Å²) in [5, 5.41) is 19.4. The van der Waals surface area contributed by atoms with Gasteiger partial charge < -0.3 is 19.4 Å². The Morgan fingerprint density at radius 3 is 2.90 bits per heavy atom. The molecule has 0 aliphatic carbocycles. The van der Waals surface area contributed by atoms with Crippen LogP contribution in [0.1, 0.15) is 18.9 Å². The molecule has 106 valence electrons. The predicted molar refractivity (Wildman–Crippen MR) is 76.1 cm³/mol. The second-order valence-electron chi connectivity index (χ2n) is 4.17. The van der Waals surface area contributed by atoms with Crippen molar-refractivity contribution >= 4 is 17.0 Å². The first kappa shape index (κ1) is 14.1. The Labute approximate surface area is 115 Å². The molecular weight excluding hydrogens is 260 g/mol. The van der Waals surface area contributed by atoms with Crippen LogP contribution in [0.2, 0.25) is 0 Å². The summed E-state index contributed by atoms with van der Waals surface area (Å²) in [6.45, 7) is 1.86. The lowest BCUT2D eigenvalue weighted by Gasteiger charge is -2.08. The number of rotatable bonds is 5. The standard InChI is InChI=1S/C15H16O5/c1-2-3-5-11-13(17)10-6-4-7-12(19-9-8-16)14(10)20-15(11)18/h3-7,16-17H,2,8-9H2,1H3. The predicted octanol–water partition coefficient (Wildman–Crippen LogP) is 2.29. The van der Waals surface area contributed by atoms with Crippen molar-refractivity contribution in [1.82, 2.24) is 0 Å². The number of ether oxygens (including phenoxy) is 1. The van der Waals surface area contributed by atoms with E-state index < -0.39 is 5.63 Å². The van der Waals surface area contributed by atoms with Crippen LogP contribution in [0.3, 0.4) is 0 Å². The summed E-state index contributed by atoms with van der Waals surface area (Å²) in [5.41, 5.74) is -0.324. The largest absolute Gasteiger partial charge is 0.506 e. The molecule has 1 heterocycles. The van der Waals surface area contributed by atoms with Gasteiger partial charge >= 0.3 is 5.63 Å². The molecule has 0 radical (unpaired) electrons. The van der Waals surface area contributed by atoms with Gasteiger partial charge in [-0.05, 0) is 24.6 Å². The van der Waals surface area contributed by atoms with Crippen molar-refractivity contribution in [1.29, 1.82) is 0 Å². The average Bonchev–Trinajstić information content (AvgIpc) is 2.45. The first-order valence-electron chi connectivity index (χ1n) is 6.38. The van der Waals surface area contributed by atoms with Gasteiger partial charge in [0, 0.05) is 0 Å². The minimum atomic E-state index is -0.625. The van der Waals surface area contributed by atoms with Crippen LogP contribution in [0.15, 0.2) is 33.5 Å². The summed E-state index contributed by atoms with van der Waals surface area (Å²) >= 11 is 0. The number of aliphatic hydroxyl groups is 1. The molecule has 1 aromatic carbocycles. The lowest BCUT2D eigenvalue weighted by molar-refractivity contribution is 0.201. The number of para-hydroxylation sites is 1. The first-order valence-corrected chi connectivity index (χ1v) is 6.38. The van der Waals surface area contributed by atoms with Gasteiger partial charge in [0.25, 0.3) is 0 Å². The molecule has 20 heavy (non-hydrogen) atoms. The SMILES string of the molecule is CCC=Cc1c(O)c2cccc(OCCO)c2oc1=O. The molecule has 0 aliphatic heterocycles. The second kappa shape index (κ2) is 6.25. The Kier molecular flexibility index (Phi) is 4.42. The molecule has 0 atom stereocenters. The summed E-state index contributed by atoms with van der Waals surface area (Å²) in [4.78, 5) is 11.9. The molecule has 0 bridgehead atoms. The summed E-state index contributed by atoms with van der Waals surface area (Å²) in [6, 6.07) is 4.94. The molecule has 0 unspecified atom stereocenters. The molecule has 0 fully saturated rings. The molecule has 0 saturated heterocycles. The van der Waals surface area contributed by atoms with E-state index in [-0.39, 0.29) is 30.1 Å². The highest BCUT2D eigenvalue weighted by atomic mass is 16.5. The normalized spacial score (nSPS) is 11.3. The van der Waals surface area contributed by atoms with Crippen LogP contribution in [0.4, 0.5) is 0 Å². The summed E-state index contributed by atoms with van der Waals surface area (Å²) < 4.78 is 10.5. The summed E-state index contributed by atoms with van der Waals surface area (Å²) in [6.07, 6.45) is 4.06. The molecular formula is C15H16O5. The van der Waals surface area contributed by atoms with Crippen LogP contribution >= 0.6 is 0 Å². The van der Waals surface area contributed by atoms with Crippen molar-refractivity contribution in [3.05, 3.63) is 40.3 Å². The minimum absolute atomic E-state index is 0.0844. The van der Waals surface area contributed by atoms with E-state index in [9.17, 15) is 9.90 Å². The van der Waals surface area contributed by atoms with Crippen molar-refractivity contribution in [2.24, 2.45) is 0 Å². The van der Waals surface area contributed by atoms with E-state index >= 15 is 0 Å². The third-order valence-electron chi connectivity index (χ3n) is 2.77. The van der Waals surface area contributed by atoms with E-state index in [2.05, 4.69) is 0 Å². The summed E-state index contributed by atoms with van der Waals surface area (Å²) in [7, 11) is 0. The first-order chi connectivity index (χ1) is 9.69. The Bertz CT molecular complexity index is 684. The third-order valence-corrected chi connectivity index (χ3v) is 2.77. The number of aliphatic hydroxyl groups excluding tert-OH is 1. The van der Waals surface area contributed by atoms with Crippen LogP contribution in [-0.4, -0.2) is 23.4 Å². The van der Waals surface area contributed by atoms with Gasteiger partial charge in [0.2, 0.25) is 0 Å². The number of benzene rings is 1. The Balaban J connectivity index is 2.63. The van der Waals surface area contributed by atoms with E-state index in [4.69, 9.17) is 14.3 Å². The molecule has 0 aliphatic rings. The topological polar surface area (TPSA) is 79.9 Å². The highest BCUT2D eigenvalue weighted by Crippen LogP contribution is 2.32. The van der Waals surface area contributed by atoms with Crippen LogP contribution in [0, 0.1) is 0 Å². The van der Waals surface area contributed by atoms with Gasteiger partial charge in [0.15, 0.2) is 11.3 Å². The summed E-state index contributed by atoms with van der Waals surface area (Å²) in [5.74, 6) is 0.186. The van der Waals surface area contributed by atoms with Crippen LogP contribution in [0.25, 0.3) is 17.0 Å². The van der Waals surface area contributed by atoms with Crippen molar-refractivity contribution < 1.29 is 19.4 Å². The molecule has 5 heteroatoms. The fraction of sp³-hybridized carbons (Fsp3) is 0.267. The monoisotopic (exact) mass is 276 g/mol. The van der Waals surface area contributed by atoms with Crippen molar-refractivity contribution in [3.8, 4) is 11.5 Å². The fourth-order valence-corrected chi connectivity index (χ4v) is 1.85. The van der Waals surface area contributed by atoms with Gasteiger partial charge in [-0.2, -0.15) is 0 Å². The smallest absolute Gasteiger partial charge is 0.347 e. The van der Waals surface area contributed by atoms with E-state index in [0.29, 0.717) is 11.1 Å². The van der Waals surface area contributed by atoms with Crippen molar-refractivity contribution in [2.75, 3.05) is 13.2 Å². The van der Waals surface area contributed by atoms with E-state index in [1.165, 1.54) is 0 Å². The van der Waals surface area contributed by atoms with Crippen LogP contribution < -0.4 is 10.4 Å². The van der Waals surface area contributed by atoms with E-state index in [1.807, 2.05) is 6.92 Å². The zero-order valence-electron chi connectivity index (χ0n) is 11.1. The number of fused-ring (bicyclic) bond motifs is 1. The second-order valence-corrected chi connectivity index (χ2v) is 4.17.